The molecule has 144 valence electrons. The molecule has 2 amide bonds. The van der Waals surface area contributed by atoms with Gasteiger partial charge < -0.3 is 24.8 Å². The van der Waals surface area contributed by atoms with Gasteiger partial charge in [0.15, 0.2) is 17.3 Å². The zero-order chi connectivity index (χ0) is 19.8. The fourth-order valence-electron chi connectivity index (χ4n) is 2.59. The van der Waals surface area contributed by atoms with Crippen molar-refractivity contribution in [2.24, 2.45) is 0 Å². The van der Waals surface area contributed by atoms with Crippen LogP contribution in [0.1, 0.15) is 22.8 Å². The van der Waals surface area contributed by atoms with Crippen LogP contribution < -0.4 is 24.8 Å². The Morgan fingerprint density at radius 3 is 2.19 bits per heavy atom. The first kappa shape index (κ1) is 20.1. The first-order valence-electron chi connectivity index (χ1n) is 8.43. The predicted molar refractivity (Wildman–Crippen MR) is 103 cm³/mol. The summed E-state index contributed by atoms with van der Waals surface area (Å²) in [5.74, 6) is 1.61. The Hall–Kier alpha value is -3.22. The molecule has 0 spiro atoms. The minimum atomic E-state index is -0.344. The van der Waals surface area contributed by atoms with Gasteiger partial charge in [-0.25, -0.2) is 4.79 Å². The average Bonchev–Trinajstić information content (AvgIpc) is 2.67. The van der Waals surface area contributed by atoms with Gasteiger partial charge in [-0.2, -0.15) is 0 Å². The van der Waals surface area contributed by atoms with E-state index in [4.69, 9.17) is 14.2 Å². The van der Waals surface area contributed by atoms with Crippen LogP contribution in [0.3, 0.4) is 0 Å². The van der Waals surface area contributed by atoms with Gasteiger partial charge in [0.25, 0.3) is 0 Å². The van der Waals surface area contributed by atoms with Crippen molar-refractivity contribution >= 4 is 17.5 Å². The molecule has 0 heterocycles. The maximum absolute atomic E-state index is 12.1. The maximum atomic E-state index is 12.1. The molecule has 7 nitrogen and oxygen atoms in total. The van der Waals surface area contributed by atoms with Crippen molar-refractivity contribution in [3.8, 4) is 17.2 Å². The molecule has 2 aromatic rings. The summed E-state index contributed by atoms with van der Waals surface area (Å²) in [7, 11) is 4.66. The van der Waals surface area contributed by atoms with E-state index in [0.29, 0.717) is 41.5 Å². The number of nitrogens with one attached hydrogen (secondary N) is 2. The second-order valence-electron chi connectivity index (χ2n) is 5.80. The van der Waals surface area contributed by atoms with E-state index in [1.807, 2.05) is 12.1 Å². The third-order valence-electron chi connectivity index (χ3n) is 3.95. The number of ketones is 1. The molecule has 0 aliphatic carbocycles. The van der Waals surface area contributed by atoms with Gasteiger partial charge in [-0.15, -0.1) is 0 Å². The lowest BCUT2D eigenvalue weighted by atomic mass is 10.1. The number of ether oxygens (including phenoxy) is 3. The highest BCUT2D eigenvalue weighted by molar-refractivity contribution is 5.96. The average molecular weight is 372 g/mol. The summed E-state index contributed by atoms with van der Waals surface area (Å²) in [5.41, 5.74) is 2.04. The van der Waals surface area contributed by atoms with Gasteiger partial charge in [0.2, 0.25) is 5.75 Å². The lowest BCUT2D eigenvalue weighted by Crippen LogP contribution is -2.30. The molecule has 27 heavy (non-hydrogen) atoms. The third kappa shape index (κ3) is 5.37. The molecule has 0 saturated carbocycles. The maximum Gasteiger partial charge on any atom is 0.319 e. The molecule has 0 unspecified atom stereocenters. The standard InChI is InChI=1S/C20H24N2O5/c1-13(23)15-6-5-7-16(12-15)22-20(24)21-9-8-14-10-17(25-2)19(27-4)18(11-14)26-3/h5-7,10-12H,8-9H2,1-4H3,(H2,21,22,24). The molecule has 0 fully saturated rings. The summed E-state index contributed by atoms with van der Waals surface area (Å²) in [5, 5.41) is 5.50. The number of anilines is 1. The lowest BCUT2D eigenvalue weighted by molar-refractivity contribution is 0.101. The SMILES string of the molecule is COc1cc(CCNC(=O)Nc2cccc(C(C)=O)c2)cc(OC)c1OC. The van der Waals surface area contributed by atoms with Crippen LogP contribution in [-0.2, 0) is 6.42 Å². The number of urea groups is 1. The molecule has 0 aliphatic heterocycles. The minimum absolute atomic E-state index is 0.0542. The molecule has 2 aromatic carbocycles. The number of hydrogen-bond acceptors (Lipinski definition) is 5. The second kappa shape index (κ2) is 9.47. The Kier molecular flexibility index (Phi) is 7.05. The van der Waals surface area contributed by atoms with Crippen LogP contribution in [0.5, 0.6) is 17.2 Å². The van der Waals surface area contributed by atoms with Gasteiger partial charge in [0.05, 0.1) is 21.3 Å². The van der Waals surface area contributed by atoms with Crippen LogP contribution >= 0.6 is 0 Å². The van der Waals surface area contributed by atoms with Gasteiger partial charge >= 0.3 is 6.03 Å². The van der Waals surface area contributed by atoms with Gasteiger partial charge in [0, 0.05) is 17.8 Å². The highest BCUT2D eigenvalue weighted by Crippen LogP contribution is 2.38. The first-order chi connectivity index (χ1) is 13.0. The second-order valence-corrected chi connectivity index (χ2v) is 5.80. The van der Waals surface area contributed by atoms with Crippen molar-refractivity contribution in [1.82, 2.24) is 5.32 Å². The number of benzene rings is 2. The number of carbonyl (C=O) groups excluding carboxylic acids is 2. The molecule has 0 radical (unpaired) electrons. The largest absolute Gasteiger partial charge is 0.493 e. The van der Waals surface area contributed by atoms with Crippen molar-refractivity contribution in [3.63, 3.8) is 0 Å². The number of rotatable bonds is 8. The third-order valence-corrected chi connectivity index (χ3v) is 3.95. The normalized spacial score (nSPS) is 10.1. The zero-order valence-electron chi connectivity index (χ0n) is 15.9. The quantitative estimate of drug-likeness (QED) is 0.695. The zero-order valence-corrected chi connectivity index (χ0v) is 15.9. The van der Waals surface area contributed by atoms with E-state index in [-0.39, 0.29) is 11.8 Å². The van der Waals surface area contributed by atoms with Crippen LogP contribution in [0.15, 0.2) is 36.4 Å². The van der Waals surface area contributed by atoms with Crippen LogP contribution in [0.25, 0.3) is 0 Å². The molecule has 0 aliphatic rings. The highest BCUT2D eigenvalue weighted by atomic mass is 16.5. The van der Waals surface area contributed by atoms with Gasteiger partial charge in [0.1, 0.15) is 0 Å². The van der Waals surface area contributed by atoms with Crippen LogP contribution in [0.4, 0.5) is 10.5 Å². The van der Waals surface area contributed by atoms with E-state index in [1.165, 1.54) is 6.92 Å². The number of carbonyl (C=O) groups is 2. The molecular formula is C20H24N2O5. The van der Waals surface area contributed by atoms with Gasteiger partial charge in [-0.05, 0) is 43.2 Å². The first-order valence-corrected chi connectivity index (χ1v) is 8.43. The number of amides is 2. The van der Waals surface area contributed by atoms with Gasteiger partial charge in [-0.1, -0.05) is 12.1 Å². The van der Waals surface area contributed by atoms with E-state index in [9.17, 15) is 9.59 Å². The van der Waals surface area contributed by atoms with Crippen LogP contribution in [0, 0.1) is 0 Å². The van der Waals surface area contributed by atoms with Crippen molar-refractivity contribution in [2.45, 2.75) is 13.3 Å². The van der Waals surface area contributed by atoms with E-state index in [0.717, 1.165) is 5.56 Å². The monoisotopic (exact) mass is 372 g/mol. The smallest absolute Gasteiger partial charge is 0.319 e. The Balaban J connectivity index is 1.95. The summed E-state index contributed by atoms with van der Waals surface area (Å²) in [4.78, 5) is 23.5. The molecule has 0 bridgehead atoms. The Bertz CT molecular complexity index is 795. The summed E-state index contributed by atoms with van der Waals surface area (Å²) in [6.45, 7) is 1.90. The molecule has 0 saturated heterocycles. The number of methoxy groups -OCH3 is 3. The van der Waals surface area contributed by atoms with E-state index < -0.39 is 0 Å². The molecule has 2 rings (SSSR count). The number of Topliss-reactive ketones (excluding diaryl/α,β-unsaturated/α-hetero) is 1. The van der Waals surface area contributed by atoms with Crippen LogP contribution in [0.2, 0.25) is 0 Å². The Morgan fingerprint density at radius 2 is 1.63 bits per heavy atom. The summed E-state index contributed by atoms with van der Waals surface area (Å²) in [6.07, 6.45) is 0.581. The topological polar surface area (TPSA) is 85.9 Å². The fourth-order valence-corrected chi connectivity index (χ4v) is 2.59. The molecule has 0 aromatic heterocycles. The van der Waals surface area contributed by atoms with Crippen LogP contribution in [-0.4, -0.2) is 39.7 Å². The van der Waals surface area contributed by atoms with E-state index in [1.54, 1.807) is 45.6 Å². The predicted octanol–water partition coefficient (Wildman–Crippen LogP) is 3.28. The summed E-state index contributed by atoms with van der Waals surface area (Å²) in [6, 6.07) is 10.1. The van der Waals surface area contributed by atoms with E-state index >= 15 is 0 Å². The Morgan fingerprint density at radius 1 is 0.963 bits per heavy atom. The molecule has 0 atom stereocenters. The fraction of sp³-hybridized carbons (Fsp3) is 0.300. The summed E-state index contributed by atoms with van der Waals surface area (Å²) < 4.78 is 15.9. The number of hydrogen-bond donors (Lipinski definition) is 2. The minimum Gasteiger partial charge on any atom is -0.493 e. The van der Waals surface area contributed by atoms with Crippen molar-refractivity contribution < 1.29 is 23.8 Å². The lowest BCUT2D eigenvalue weighted by Gasteiger charge is -2.14. The molecular weight excluding hydrogens is 348 g/mol. The highest BCUT2D eigenvalue weighted by Gasteiger charge is 2.13. The molecule has 7 heteroatoms. The van der Waals surface area contributed by atoms with E-state index in [2.05, 4.69) is 10.6 Å². The molecule has 2 N–H and O–H groups in total. The van der Waals surface area contributed by atoms with Gasteiger partial charge in [-0.3, -0.25) is 4.79 Å². The van der Waals surface area contributed by atoms with Crippen molar-refractivity contribution in [2.75, 3.05) is 33.2 Å². The Labute approximate surface area is 158 Å². The van der Waals surface area contributed by atoms with Crippen molar-refractivity contribution in [3.05, 3.63) is 47.5 Å². The summed E-state index contributed by atoms with van der Waals surface area (Å²) >= 11 is 0. The van der Waals surface area contributed by atoms with Crippen molar-refractivity contribution in [1.29, 1.82) is 0 Å².